The van der Waals surface area contributed by atoms with Crippen molar-refractivity contribution in [3.05, 3.63) is 45.4 Å². The van der Waals surface area contributed by atoms with Gasteiger partial charge in [-0.1, -0.05) is 11.6 Å². The van der Waals surface area contributed by atoms with Crippen LogP contribution in [0, 0.1) is 0 Å². The number of aromatic nitrogens is 1. The largest absolute Gasteiger partial charge is 0.478 e. The molecule has 0 bridgehead atoms. The van der Waals surface area contributed by atoms with E-state index in [-0.39, 0.29) is 11.3 Å². The molecule has 5 nitrogen and oxygen atoms in total. The maximum absolute atomic E-state index is 11.8. The van der Waals surface area contributed by atoms with Crippen LogP contribution >= 0.6 is 22.9 Å². The van der Waals surface area contributed by atoms with Gasteiger partial charge in [0.15, 0.2) is 0 Å². The van der Waals surface area contributed by atoms with Gasteiger partial charge in [0, 0.05) is 5.02 Å². The highest BCUT2D eigenvalue weighted by atomic mass is 35.5. The number of nitrogens with zero attached hydrogens (tertiary/aromatic N) is 1. The molecule has 1 aromatic carbocycles. The summed E-state index contributed by atoms with van der Waals surface area (Å²) in [6, 6.07) is 4.18. The van der Waals surface area contributed by atoms with Gasteiger partial charge in [-0.25, -0.2) is 4.79 Å². The van der Waals surface area contributed by atoms with Gasteiger partial charge in [-0.15, -0.1) is 11.3 Å². The number of aromatic carboxylic acids is 1. The number of rotatable bonds is 3. The van der Waals surface area contributed by atoms with E-state index in [4.69, 9.17) is 16.7 Å². The van der Waals surface area contributed by atoms with Gasteiger partial charge in [-0.3, -0.25) is 9.78 Å². The summed E-state index contributed by atoms with van der Waals surface area (Å²) >= 11 is 6.94. The minimum atomic E-state index is -1.13. The lowest BCUT2D eigenvalue weighted by molar-refractivity contribution is 0.0698. The lowest BCUT2D eigenvalue weighted by Crippen LogP contribution is -2.13. The number of carbonyl (C=O) groups excluding carboxylic acids is 1. The Bertz CT molecular complexity index is 598. The zero-order valence-corrected chi connectivity index (χ0v) is 10.5. The van der Waals surface area contributed by atoms with E-state index < -0.39 is 11.9 Å². The number of halogens is 1. The lowest BCUT2D eigenvalue weighted by atomic mass is 10.2. The Morgan fingerprint density at radius 2 is 2.17 bits per heavy atom. The third kappa shape index (κ3) is 2.66. The van der Waals surface area contributed by atoms with E-state index in [1.54, 1.807) is 0 Å². The van der Waals surface area contributed by atoms with Gasteiger partial charge in [-0.2, -0.15) is 0 Å². The van der Waals surface area contributed by atoms with E-state index >= 15 is 0 Å². The summed E-state index contributed by atoms with van der Waals surface area (Å²) in [6.07, 6.45) is 1.41. The second kappa shape index (κ2) is 5.16. The average Bonchev–Trinajstić information content (AvgIpc) is 2.81. The zero-order valence-electron chi connectivity index (χ0n) is 8.88. The molecule has 0 radical (unpaired) electrons. The second-order valence-corrected chi connectivity index (χ2v) is 4.64. The Morgan fingerprint density at radius 3 is 2.78 bits per heavy atom. The fourth-order valence-corrected chi connectivity index (χ4v) is 2.01. The van der Waals surface area contributed by atoms with Crippen molar-refractivity contribution >= 4 is 40.5 Å². The first kappa shape index (κ1) is 12.5. The van der Waals surface area contributed by atoms with Crippen molar-refractivity contribution < 1.29 is 14.7 Å². The molecule has 0 atom stereocenters. The van der Waals surface area contributed by atoms with Crippen LogP contribution < -0.4 is 5.32 Å². The van der Waals surface area contributed by atoms with Crippen molar-refractivity contribution in [1.82, 2.24) is 4.98 Å². The molecular formula is C11H7ClN2O3S. The van der Waals surface area contributed by atoms with Gasteiger partial charge >= 0.3 is 5.97 Å². The lowest BCUT2D eigenvalue weighted by Gasteiger charge is -2.07. The molecule has 1 amide bonds. The Kier molecular flexibility index (Phi) is 3.59. The van der Waals surface area contributed by atoms with E-state index in [9.17, 15) is 9.59 Å². The molecule has 0 unspecified atom stereocenters. The summed E-state index contributed by atoms with van der Waals surface area (Å²) in [5.41, 5.74) is 1.66. The number of thiazole rings is 1. The summed E-state index contributed by atoms with van der Waals surface area (Å²) < 4.78 is 0. The van der Waals surface area contributed by atoms with Gasteiger partial charge < -0.3 is 10.4 Å². The third-order valence-electron chi connectivity index (χ3n) is 2.12. The van der Waals surface area contributed by atoms with Gasteiger partial charge in [0.25, 0.3) is 5.91 Å². The van der Waals surface area contributed by atoms with Gasteiger partial charge in [0.1, 0.15) is 4.88 Å². The van der Waals surface area contributed by atoms with E-state index in [2.05, 4.69) is 10.3 Å². The molecule has 0 saturated heterocycles. The quantitative estimate of drug-likeness (QED) is 0.907. The minimum absolute atomic E-state index is 0.0164. The summed E-state index contributed by atoms with van der Waals surface area (Å²) in [6.45, 7) is 0. The summed E-state index contributed by atoms with van der Waals surface area (Å²) in [5.74, 6) is -1.55. The fourth-order valence-electron chi connectivity index (χ4n) is 1.32. The van der Waals surface area contributed by atoms with Crippen LogP contribution in [0.5, 0.6) is 0 Å². The first-order valence-corrected chi connectivity index (χ1v) is 6.06. The number of carboxylic acids is 1. The Labute approximate surface area is 111 Å². The number of hydrogen-bond donors (Lipinski definition) is 2. The molecule has 2 rings (SSSR count). The number of nitrogens with one attached hydrogen (secondary N) is 1. The first-order valence-electron chi connectivity index (χ1n) is 4.80. The molecular weight excluding hydrogens is 276 g/mol. The standard InChI is InChI=1S/C11H7ClN2O3S/c12-6-1-2-7(11(16)17)8(3-6)14-10(15)9-4-13-5-18-9/h1-5H,(H,14,15)(H,16,17). The number of carbonyl (C=O) groups is 2. The van der Waals surface area contributed by atoms with Gasteiger partial charge in [-0.05, 0) is 18.2 Å². The highest BCUT2D eigenvalue weighted by Crippen LogP contribution is 2.22. The van der Waals surface area contributed by atoms with Crippen LogP contribution in [0.15, 0.2) is 29.9 Å². The molecule has 0 aliphatic carbocycles. The third-order valence-corrected chi connectivity index (χ3v) is 3.12. The molecule has 2 N–H and O–H groups in total. The molecule has 0 spiro atoms. The second-order valence-electron chi connectivity index (χ2n) is 3.31. The molecule has 18 heavy (non-hydrogen) atoms. The molecule has 1 aromatic heterocycles. The van der Waals surface area contributed by atoms with Gasteiger partial charge in [0.2, 0.25) is 0 Å². The molecule has 7 heteroatoms. The van der Waals surface area contributed by atoms with Crippen molar-refractivity contribution in [2.45, 2.75) is 0 Å². The topological polar surface area (TPSA) is 79.3 Å². The highest BCUT2D eigenvalue weighted by Gasteiger charge is 2.14. The molecule has 0 aliphatic rings. The number of benzene rings is 1. The van der Waals surface area contributed by atoms with Crippen molar-refractivity contribution in [3.63, 3.8) is 0 Å². The number of amides is 1. The average molecular weight is 283 g/mol. The first-order chi connectivity index (χ1) is 8.58. The van der Waals surface area contributed by atoms with Crippen LogP contribution in [0.3, 0.4) is 0 Å². The van der Waals surface area contributed by atoms with Crippen LogP contribution in [-0.2, 0) is 0 Å². The van der Waals surface area contributed by atoms with Crippen LogP contribution in [0.25, 0.3) is 0 Å². The molecule has 1 heterocycles. The Morgan fingerprint density at radius 1 is 1.39 bits per heavy atom. The van der Waals surface area contributed by atoms with Crippen molar-refractivity contribution in [1.29, 1.82) is 0 Å². The maximum atomic E-state index is 11.8. The van der Waals surface area contributed by atoms with Crippen molar-refractivity contribution in [3.8, 4) is 0 Å². The number of hydrogen-bond acceptors (Lipinski definition) is 4. The minimum Gasteiger partial charge on any atom is -0.478 e. The molecule has 0 fully saturated rings. The van der Waals surface area contributed by atoms with E-state index in [0.717, 1.165) is 0 Å². The normalized spacial score (nSPS) is 10.1. The maximum Gasteiger partial charge on any atom is 0.337 e. The van der Waals surface area contributed by atoms with Crippen LogP contribution in [-0.4, -0.2) is 22.0 Å². The summed E-state index contributed by atoms with van der Waals surface area (Å²) in [7, 11) is 0. The monoisotopic (exact) mass is 282 g/mol. The van der Waals surface area contributed by atoms with Gasteiger partial charge in [0.05, 0.1) is 23.0 Å². The summed E-state index contributed by atoms with van der Waals surface area (Å²) in [4.78, 5) is 27.0. The Hall–Kier alpha value is -1.92. The van der Waals surface area contributed by atoms with E-state index in [1.165, 1.54) is 41.2 Å². The molecule has 92 valence electrons. The number of anilines is 1. The zero-order chi connectivity index (χ0) is 13.1. The van der Waals surface area contributed by atoms with E-state index in [1.807, 2.05) is 0 Å². The smallest absolute Gasteiger partial charge is 0.337 e. The molecule has 0 saturated carbocycles. The van der Waals surface area contributed by atoms with Crippen LogP contribution in [0.2, 0.25) is 5.02 Å². The fraction of sp³-hybridized carbons (Fsp3) is 0. The summed E-state index contributed by atoms with van der Waals surface area (Å²) in [5, 5.41) is 11.8. The SMILES string of the molecule is O=C(Nc1cc(Cl)ccc1C(=O)O)c1cncs1. The van der Waals surface area contributed by atoms with Crippen molar-refractivity contribution in [2.24, 2.45) is 0 Å². The van der Waals surface area contributed by atoms with Crippen molar-refractivity contribution in [2.75, 3.05) is 5.32 Å². The predicted molar refractivity (Wildman–Crippen MR) is 68.5 cm³/mol. The Balaban J connectivity index is 2.31. The van der Waals surface area contributed by atoms with E-state index in [0.29, 0.717) is 9.90 Å². The van der Waals surface area contributed by atoms with Crippen LogP contribution in [0.4, 0.5) is 5.69 Å². The van der Waals surface area contributed by atoms with Crippen LogP contribution in [0.1, 0.15) is 20.0 Å². The molecule has 2 aromatic rings. The molecule has 0 aliphatic heterocycles. The number of carboxylic acid groups (broad SMARTS) is 1. The predicted octanol–water partition coefficient (Wildman–Crippen LogP) is 2.75. The highest BCUT2D eigenvalue weighted by molar-refractivity contribution is 7.11.